The molecule has 1 aliphatic rings. The van der Waals surface area contributed by atoms with Crippen LogP contribution in [0.25, 0.3) is 0 Å². The van der Waals surface area contributed by atoms with Gasteiger partial charge in [-0.15, -0.1) is 0 Å². The van der Waals surface area contributed by atoms with E-state index in [1.807, 2.05) is 0 Å². The highest BCUT2D eigenvalue weighted by molar-refractivity contribution is 5.91. The van der Waals surface area contributed by atoms with Gasteiger partial charge in [0.2, 0.25) is 0 Å². The number of rotatable bonds is 1. The van der Waals surface area contributed by atoms with Crippen molar-refractivity contribution in [3.8, 4) is 0 Å². The van der Waals surface area contributed by atoms with Gasteiger partial charge in [-0.1, -0.05) is 0 Å². The Kier molecular flexibility index (Phi) is 2.38. The summed E-state index contributed by atoms with van der Waals surface area (Å²) in [6, 6.07) is 0. The first-order valence-electron chi connectivity index (χ1n) is 4.16. The van der Waals surface area contributed by atoms with Gasteiger partial charge < -0.3 is 5.11 Å². The average molecular weight is 195 g/mol. The van der Waals surface area contributed by atoms with Gasteiger partial charge in [0, 0.05) is 12.4 Å². The summed E-state index contributed by atoms with van der Waals surface area (Å²) in [6.45, 7) is 0.321. The number of amides is 1. The first-order chi connectivity index (χ1) is 6.77. The van der Waals surface area contributed by atoms with E-state index in [9.17, 15) is 4.79 Å². The van der Waals surface area contributed by atoms with Crippen LogP contribution >= 0.6 is 0 Å². The predicted molar refractivity (Wildman–Crippen MR) is 45.0 cm³/mol. The smallest absolute Gasteiger partial charge is 0.297 e. The monoisotopic (exact) mass is 195 g/mol. The summed E-state index contributed by atoms with van der Waals surface area (Å²) in [7, 11) is 0. The Hall–Kier alpha value is -1.53. The maximum atomic E-state index is 11.6. The fourth-order valence-electron chi connectivity index (χ4n) is 1.15. The molecule has 2 rings (SSSR count). The zero-order chi connectivity index (χ0) is 9.97. The summed E-state index contributed by atoms with van der Waals surface area (Å²) in [4.78, 5) is 24.1. The summed E-state index contributed by atoms with van der Waals surface area (Å²) < 4.78 is 0. The Morgan fingerprint density at radius 2 is 2.50 bits per heavy atom. The minimum atomic E-state index is -0.615. The van der Waals surface area contributed by atoms with Gasteiger partial charge in [0.25, 0.3) is 5.91 Å². The number of β-amino-alcohol motifs (C(OH)–C–C–N with tert-alkyl or cyclic N) is 1. The van der Waals surface area contributed by atoms with Crippen LogP contribution in [0.4, 0.5) is 0 Å². The lowest BCUT2D eigenvalue weighted by atomic mass is 10.3. The minimum Gasteiger partial charge on any atom is -0.389 e. The molecule has 1 aromatic heterocycles. The van der Waals surface area contributed by atoms with Crippen LogP contribution in [0.5, 0.6) is 0 Å². The van der Waals surface area contributed by atoms with Crippen molar-refractivity contribution in [3.05, 3.63) is 24.3 Å². The molecule has 0 bridgehead atoms. The lowest BCUT2D eigenvalue weighted by Gasteiger charge is -2.12. The third kappa shape index (κ3) is 1.70. The molecule has 14 heavy (non-hydrogen) atoms. The van der Waals surface area contributed by atoms with Crippen LogP contribution in [-0.4, -0.2) is 45.3 Å². The van der Waals surface area contributed by atoms with E-state index in [0.717, 1.165) is 5.06 Å². The van der Waals surface area contributed by atoms with E-state index in [1.165, 1.54) is 18.6 Å². The maximum Gasteiger partial charge on any atom is 0.297 e. The Morgan fingerprint density at radius 3 is 3.07 bits per heavy atom. The van der Waals surface area contributed by atoms with E-state index in [-0.39, 0.29) is 24.8 Å². The van der Waals surface area contributed by atoms with Crippen LogP contribution in [0, 0.1) is 0 Å². The first-order valence-corrected chi connectivity index (χ1v) is 4.16. The molecule has 1 atom stereocenters. The van der Waals surface area contributed by atoms with Crippen LogP contribution in [0.3, 0.4) is 0 Å². The van der Waals surface area contributed by atoms with Crippen molar-refractivity contribution < 1.29 is 14.7 Å². The maximum absolute atomic E-state index is 11.6. The molecule has 0 saturated carbocycles. The lowest BCUT2D eigenvalue weighted by Crippen LogP contribution is -2.29. The van der Waals surface area contributed by atoms with Gasteiger partial charge in [0.05, 0.1) is 12.7 Å². The van der Waals surface area contributed by atoms with Crippen molar-refractivity contribution in [2.45, 2.75) is 6.10 Å². The first kappa shape index (κ1) is 9.04. The quantitative estimate of drug-likeness (QED) is 0.636. The average Bonchev–Trinajstić information content (AvgIpc) is 2.65. The van der Waals surface area contributed by atoms with Crippen LogP contribution in [0.15, 0.2) is 18.6 Å². The number of aliphatic hydroxyl groups excluding tert-OH is 1. The molecule has 0 aromatic carbocycles. The van der Waals surface area contributed by atoms with Gasteiger partial charge in [-0.25, -0.2) is 10.0 Å². The standard InChI is InChI=1S/C8H9N3O3/c12-6-4-11(14-5-6)8(13)7-3-9-1-2-10-7/h1-3,6,12H,4-5H2/t6-/m1/s1. The number of nitrogens with zero attached hydrogens (tertiary/aromatic N) is 3. The Balaban J connectivity index is 2.10. The second kappa shape index (κ2) is 3.69. The molecular weight excluding hydrogens is 186 g/mol. The van der Waals surface area contributed by atoms with Gasteiger partial charge >= 0.3 is 0 Å². The molecule has 1 saturated heterocycles. The summed E-state index contributed by atoms with van der Waals surface area (Å²) in [6.07, 6.45) is 3.66. The Morgan fingerprint density at radius 1 is 1.64 bits per heavy atom. The van der Waals surface area contributed by atoms with E-state index in [0.29, 0.717) is 0 Å². The van der Waals surface area contributed by atoms with Crippen molar-refractivity contribution in [1.29, 1.82) is 0 Å². The number of hydrogen-bond acceptors (Lipinski definition) is 5. The molecule has 1 N–H and O–H groups in total. The molecule has 6 heteroatoms. The van der Waals surface area contributed by atoms with Crippen molar-refractivity contribution in [2.75, 3.05) is 13.2 Å². The molecule has 1 fully saturated rings. The largest absolute Gasteiger partial charge is 0.389 e. The molecule has 0 aliphatic carbocycles. The molecule has 0 unspecified atom stereocenters. The molecule has 1 aliphatic heterocycles. The van der Waals surface area contributed by atoms with Crippen LogP contribution in [-0.2, 0) is 4.84 Å². The van der Waals surface area contributed by atoms with Crippen molar-refractivity contribution in [2.24, 2.45) is 0 Å². The third-order valence-corrected chi connectivity index (χ3v) is 1.81. The highest BCUT2D eigenvalue weighted by Crippen LogP contribution is 2.08. The van der Waals surface area contributed by atoms with Crippen molar-refractivity contribution >= 4 is 5.91 Å². The fourth-order valence-corrected chi connectivity index (χ4v) is 1.15. The summed E-state index contributed by atoms with van der Waals surface area (Å²) in [5, 5.41) is 10.2. The third-order valence-electron chi connectivity index (χ3n) is 1.81. The minimum absolute atomic E-state index is 0.145. The van der Waals surface area contributed by atoms with E-state index in [2.05, 4.69) is 9.97 Å². The van der Waals surface area contributed by atoms with Gasteiger partial charge in [0.1, 0.15) is 18.4 Å². The Bertz CT molecular complexity index is 330. The highest BCUT2D eigenvalue weighted by Gasteiger charge is 2.27. The topological polar surface area (TPSA) is 75.6 Å². The predicted octanol–water partition coefficient (Wildman–Crippen LogP) is -0.775. The normalized spacial score (nSPS) is 21.2. The molecular formula is C8H9N3O3. The summed E-state index contributed by atoms with van der Waals surface area (Å²) in [5.41, 5.74) is 0.210. The van der Waals surface area contributed by atoms with Crippen LogP contribution < -0.4 is 0 Å². The van der Waals surface area contributed by atoms with Gasteiger partial charge in [-0.3, -0.25) is 14.6 Å². The number of aliphatic hydroxyl groups is 1. The van der Waals surface area contributed by atoms with Crippen LogP contribution in [0.1, 0.15) is 10.5 Å². The fraction of sp³-hybridized carbons (Fsp3) is 0.375. The van der Waals surface area contributed by atoms with Crippen LogP contribution in [0.2, 0.25) is 0 Å². The number of hydrogen-bond donors (Lipinski definition) is 1. The van der Waals surface area contributed by atoms with E-state index in [1.54, 1.807) is 0 Å². The molecule has 6 nitrogen and oxygen atoms in total. The summed E-state index contributed by atoms with van der Waals surface area (Å²) >= 11 is 0. The Labute approximate surface area is 80.1 Å². The van der Waals surface area contributed by atoms with Crippen molar-refractivity contribution in [3.63, 3.8) is 0 Å². The second-order valence-electron chi connectivity index (χ2n) is 2.91. The number of hydroxylamine groups is 2. The molecule has 74 valence electrons. The molecule has 1 aromatic rings. The molecule has 2 heterocycles. The molecule has 0 spiro atoms. The highest BCUT2D eigenvalue weighted by atomic mass is 16.7. The zero-order valence-electron chi connectivity index (χ0n) is 7.33. The van der Waals surface area contributed by atoms with Crippen molar-refractivity contribution in [1.82, 2.24) is 15.0 Å². The molecule has 0 radical (unpaired) electrons. The van der Waals surface area contributed by atoms with Gasteiger partial charge in [-0.2, -0.15) is 0 Å². The SMILES string of the molecule is O=C(c1cnccn1)N1C[C@@H](O)CO1. The number of carbonyl (C=O) groups excluding carboxylic acids is 1. The zero-order valence-corrected chi connectivity index (χ0v) is 7.33. The lowest BCUT2D eigenvalue weighted by molar-refractivity contribution is -0.0783. The number of aromatic nitrogens is 2. The summed E-state index contributed by atoms with van der Waals surface area (Å²) in [5.74, 6) is -0.380. The second-order valence-corrected chi connectivity index (χ2v) is 2.91. The van der Waals surface area contributed by atoms with E-state index in [4.69, 9.17) is 9.94 Å². The molecule has 1 amide bonds. The number of carbonyl (C=O) groups is 1. The van der Waals surface area contributed by atoms with Gasteiger partial charge in [-0.05, 0) is 0 Å². The van der Waals surface area contributed by atoms with E-state index < -0.39 is 6.10 Å². The van der Waals surface area contributed by atoms with E-state index >= 15 is 0 Å². The van der Waals surface area contributed by atoms with Gasteiger partial charge in [0.15, 0.2) is 0 Å².